The van der Waals surface area contributed by atoms with Crippen LogP contribution in [0, 0.1) is 5.82 Å². The van der Waals surface area contributed by atoms with E-state index in [1.165, 1.54) is 12.1 Å². The second-order valence-electron chi connectivity index (χ2n) is 7.21. The molecule has 0 unspecified atom stereocenters. The van der Waals surface area contributed by atoms with Crippen molar-refractivity contribution in [2.24, 2.45) is 0 Å². The molecule has 5 heteroatoms. The van der Waals surface area contributed by atoms with Crippen LogP contribution in [0.15, 0.2) is 84.9 Å². The second kappa shape index (κ2) is 9.35. The summed E-state index contributed by atoms with van der Waals surface area (Å²) in [5, 5.41) is 10.6. The summed E-state index contributed by atoms with van der Waals surface area (Å²) in [4.78, 5) is 10.7. The lowest BCUT2D eigenvalue weighted by Crippen LogP contribution is -1.92. The fourth-order valence-corrected chi connectivity index (χ4v) is 3.43. The first-order valence-corrected chi connectivity index (χ1v) is 10.1. The summed E-state index contributed by atoms with van der Waals surface area (Å²) >= 11 is 0. The van der Waals surface area contributed by atoms with E-state index in [0.717, 1.165) is 33.2 Å². The third-order valence-electron chi connectivity index (χ3n) is 5.04. The molecule has 0 atom stereocenters. The molecule has 0 amide bonds. The van der Waals surface area contributed by atoms with Crippen LogP contribution in [0.1, 0.15) is 12.0 Å². The summed E-state index contributed by atoms with van der Waals surface area (Å²) in [5.74, 6) is 0.865. The van der Waals surface area contributed by atoms with E-state index in [1.54, 1.807) is 31.4 Å². The van der Waals surface area contributed by atoms with Gasteiger partial charge in [-0.3, -0.25) is 4.79 Å². The number of hydrogen-bond donors (Lipinski definition) is 1. The third-order valence-corrected chi connectivity index (χ3v) is 5.04. The number of benzene rings is 4. The van der Waals surface area contributed by atoms with Crippen LogP contribution in [0.3, 0.4) is 0 Å². The van der Waals surface area contributed by atoms with Gasteiger partial charge < -0.3 is 14.6 Å². The van der Waals surface area contributed by atoms with Crippen molar-refractivity contribution in [1.29, 1.82) is 0 Å². The number of hydrogen-bond acceptors (Lipinski definition) is 3. The van der Waals surface area contributed by atoms with Crippen LogP contribution in [-0.4, -0.2) is 18.2 Å². The Morgan fingerprint density at radius 3 is 2.34 bits per heavy atom. The molecule has 160 valence electrons. The van der Waals surface area contributed by atoms with Crippen molar-refractivity contribution in [2.45, 2.75) is 6.42 Å². The van der Waals surface area contributed by atoms with Crippen LogP contribution in [-0.2, 0) is 4.79 Å². The molecule has 4 nitrogen and oxygen atoms in total. The van der Waals surface area contributed by atoms with Gasteiger partial charge in [-0.25, -0.2) is 4.39 Å². The average Bonchev–Trinajstić information content (AvgIpc) is 2.80. The minimum Gasteiger partial charge on any atom is -0.497 e. The van der Waals surface area contributed by atoms with Gasteiger partial charge in [0.2, 0.25) is 0 Å². The Kier molecular flexibility index (Phi) is 6.17. The molecular weight excluding hydrogens is 407 g/mol. The monoisotopic (exact) mass is 428 g/mol. The van der Waals surface area contributed by atoms with Crippen molar-refractivity contribution in [3.8, 4) is 28.4 Å². The number of fused-ring (bicyclic) bond motifs is 1. The van der Waals surface area contributed by atoms with Gasteiger partial charge in [-0.15, -0.1) is 0 Å². The van der Waals surface area contributed by atoms with E-state index >= 15 is 0 Å². The molecule has 4 rings (SSSR count). The zero-order valence-electron chi connectivity index (χ0n) is 17.4. The van der Waals surface area contributed by atoms with Crippen LogP contribution < -0.4 is 9.47 Å². The number of ether oxygens (including phenoxy) is 2. The summed E-state index contributed by atoms with van der Waals surface area (Å²) < 4.78 is 25.1. The van der Waals surface area contributed by atoms with E-state index in [4.69, 9.17) is 14.6 Å². The molecule has 0 fully saturated rings. The molecule has 4 aromatic rings. The summed E-state index contributed by atoms with van der Waals surface area (Å²) in [6, 6.07) is 23.4. The Morgan fingerprint density at radius 1 is 0.938 bits per heavy atom. The maximum absolute atomic E-state index is 13.5. The van der Waals surface area contributed by atoms with Crippen molar-refractivity contribution in [3.05, 3.63) is 96.3 Å². The van der Waals surface area contributed by atoms with Gasteiger partial charge in [0.15, 0.2) is 0 Å². The topological polar surface area (TPSA) is 55.8 Å². The molecule has 0 radical (unpaired) electrons. The summed E-state index contributed by atoms with van der Waals surface area (Å²) in [7, 11) is 1.62. The maximum atomic E-state index is 13.5. The maximum Gasteiger partial charge on any atom is 0.307 e. The lowest BCUT2D eigenvalue weighted by molar-refractivity contribution is -0.135. The number of aliphatic carboxylic acids is 1. The van der Waals surface area contributed by atoms with Crippen molar-refractivity contribution in [2.75, 3.05) is 7.11 Å². The molecule has 0 aromatic heterocycles. The van der Waals surface area contributed by atoms with Gasteiger partial charge >= 0.3 is 5.97 Å². The quantitative estimate of drug-likeness (QED) is 0.347. The van der Waals surface area contributed by atoms with Crippen molar-refractivity contribution >= 4 is 22.8 Å². The zero-order valence-corrected chi connectivity index (χ0v) is 17.4. The first-order chi connectivity index (χ1) is 15.5. The number of carbonyl (C=O) groups is 1. The van der Waals surface area contributed by atoms with E-state index in [0.29, 0.717) is 11.5 Å². The smallest absolute Gasteiger partial charge is 0.307 e. The van der Waals surface area contributed by atoms with Crippen molar-refractivity contribution in [3.63, 3.8) is 0 Å². The molecule has 0 spiro atoms. The van der Waals surface area contributed by atoms with Crippen LogP contribution >= 0.6 is 0 Å². The van der Waals surface area contributed by atoms with Crippen molar-refractivity contribution < 1.29 is 23.8 Å². The Labute approximate surface area is 185 Å². The highest BCUT2D eigenvalue weighted by molar-refractivity contribution is 5.96. The number of carboxylic acid groups (broad SMARTS) is 1. The first-order valence-electron chi connectivity index (χ1n) is 10.1. The van der Waals surface area contributed by atoms with Crippen LogP contribution in [0.4, 0.5) is 4.39 Å². The number of methoxy groups -OCH3 is 1. The standard InChI is InChI=1S/C27H21FO4/c1-31-23-14-16-25-20(17-23)9-15-24(19-7-10-21(28)11-8-19)27(25)32-22-12-5-18(6-13-22)3-2-4-26(29)30/h2-3,5-17H,4H2,1H3,(H,29,30). The van der Waals surface area contributed by atoms with Crippen LogP contribution in [0.25, 0.3) is 28.0 Å². The van der Waals surface area contributed by atoms with Gasteiger partial charge in [-0.1, -0.05) is 42.5 Å². The van der Waals surface area contributed by atoms with E-state index in [1.807, 2.05) is 54.6 Å². The summed E-state index contributed by atoms with van der Waals surface area (Å²) in [5.41, 5.74) is 2.56. The number of carboxylic acids is 1. The molecule has 32 heavy (non-hydrogen) atoms. The largest absolute Gasteiger partial charge is 0.497 e. The van der Waals surface area contributed by atoms with Gasteiger partial charge in [-0.2, -0.15) is 0 Å². The number of rotatable bonds is 7. The van der Waals surface area contributed by atoms with Crippen LogP contribution in [0.2, 0.25) is 0 Å². The van der Waals surface area contributed by atoms with Gasteiger partial charge in [0.25, 0.3) is 0 Å². The fourth-order valence-electron chi connectivity index (χ4n) is 3.43. The molecule has 0 bridgehead atoms. The normalized spacial score (nSPS) is 11.1. The molecule has 0 aliphatic rings. The minimum absolute atomic E-state index is 0.0290. The number of halogens is 1. The highest BCUT2D eigenvalue weighted by atomic mass is 19.1. The molecule has 0 heterocycles. The van der Waals surface area contributed by atoms with E-state index in [9.17, 15) is 9.18 Å². The summed E-state index contributed by atoms with van der Waals surface area (Å²) in [6.45, 7) is 0. The first kappa shape index (κ1) is 21.1. The predicted octanol–water partition coefficient (Wildman–Crippen LogP) is 6.93. The van der Waals surface area contributed by atoms with E-state index in [-0.39, 0.29) is 12.2 Å². The fraction of sp³-hybridized carbons (Fsp3) is 0.0741. The van der Waals surface area contributed by atoms with Crippen LogP contribution in [0.5, 0.6) is 17.2 Å². The molecule has 0 aliphatic carbocycles. The highest BCUT2D eigenvalue weighted by Gasteiger charge is 2.13. The molecule has 1 N–H and O–H groups in total. The minimum atomic E-state index is -0.873. The third kappa shape index (κ3) is 4.78. The highest BCUT2D eigenvalue weighted by Crippen LogP contribution is 2.40. The Morgan fingerprint density at radius 2 is 1.66 bits per heavy atom. The molecule has 0 saturated heterocycles. The lowest BCUT2D eigenvalue weighted by atomic mass is 9.99. The molecule has 4 aromatic carbocycles. The molecule has 0 saturated carbocycles. The van der Waals surface area contributed by atoms with E-state index in [2.05, 4.69) is 0 Å². The second-order valence-corrected chi connectivity index (χ2v) is 7.21. The van der Waals surface area contributed by atoms with Crippen molar-refractivity contribution in [1.82, 2.24) is 0 Å². The van der Waals surface area contributed by atoms with Gasteiger partial charge in [0.1, 0.15) is 23.1 Å². The average molecular weight is 428 g/mol. The Hall–Kier alpha value is -4.12. The lowest BCUT2D eigenvalue weighted by Gasteiger charge is -2.15. The molecule has 0 aliphatic heterocycles. The van der Waals surface area contributed by atoms with Gasteiger partial charge in [0, 0.05) is 10.9 Å². The zero-order chi connectivity index (χ0) is 22.5. The summed E-state index contributed by atoms with van der Waals surface area (Å²) in [6.07, 6.45) is 3.33. The molecular formula is C27H21FO4. The van der Waals surface area contributed by atoms with Gasteiger partial charge in [0.05, 0.1) is 13.5 Å². The van der Waals surface area contributed by atoms with Gasteiger partial charge in [-0.05, 0) is 65.0 Å². The van der Waals surface area contributed by atoms with E-state index < -0.39 is 5.97 Å². The Balaban J connectivity index is 1.73. The SMILES string of the molecule is COc1ccc2c(Oc3ccc(C=CCC(=O)O)cc3)c(-c3ccc(F)cc3)ccc2c1. The Bertz CT molecular complexity index is 1280. The predicted molar refractivity (Wildman–Crippen MR) is 124 cm³/mol.